The zero-order valence-electron chi connectivity index (χ0n) is 18.3. The molecule has 3 N–H and O–H groups in total. The fourth-order valence-electron chi connectivity index (χ4n) is 3.69. The average Bonchev–Trinajstić information content (AvgIpc) is 2.77. The fraction of sp³-hybridized carbons (Fsp3) is 0.458. The second kappa shape index (κ2) is 14.4. The number of ether oxygens (including phenoxy) is 2. The van der Waals surface area contributed by atoms with Gasteiger partial charge < -0.3 is 20.5 Å². The molecule has 0 spiro atoms. The number of piperidine rings is 1. The largest absolute Gasteiger partial charge is 0.380 e. The van der Waals surface area contributed by atoms with Gasteiger partial charge in [-0.3, -0.25) is 9.89 Å². The molecule has 1 heterocycles. The van der Waals surface area contributed by atoms with Crippen LogP contribution in [0.1, 0.15) is 30.4 Å². The summed E-state index contributed by atoms with van der Waals surface area (Å²) in [6, 6.07) is 18.6. The molecule has 0 aliphatic carbocycles. The van der Waals surface area contributed by atoms with Crippen LogP contribution in [-0.4, -0.2) is 50.3 Å². The van der Waals surface area contributed by atoms with E-state index in [9.17, 15) is 0 Å². The van der Waals surface area contributed by atoms with Gasteiger partial charge in [0.1, 0.15) is 0 Å². The molecular formula is C24H35IN4O2. The van der Waals surface area contributed by atoms with E-state index in [2.05, 4.69) is 45.5 Å². The summed E-state index contributed by atoms with van der Waals surface area (Å²) in [7, 11) is 1.68. The van der Waals surface area contributed by atoms with Gasteiger partial charge in [-0.25, -0.2) is 0 Å². The molecule has 1 aliphatic rings. The molecule has 0 amide bonds. The summed E-state index contributed by atoms with van der Waals surface area (Å²) in [5.74, 6) is 0.424. The van der Waals surface area contributed by atoms with E-state index in [4.69, 9.17) is 15.2 Å². The Hall–Kier alpha value is -1.68. The van der Waals surface area contributed by atoms with E-state index in [1.54, 1.807) is 7.11 Å². The van der Waals surface area contributed by atoms with Crippen molar-refractivity contribution in [2.75, 3.05) is 38.7 Å². The summed E-state index contributed by atoms with van der Waals surface area (Å²) in [5.41, 5.74) is 9.39. The highest BCUT2D eigenvalue weighted by Crippen LogP contribution is 2.17. The van der Waals surface area contributed by atoms with E-state index in [-0.39, 0.29) is 24.0 Å². The van der Waals surface area contributed by atoms with Crippen molar-refractivity contribution in [1.29, 1.82) is 0 Å². The third-order valence-corrected chi connectivity index (χ3v) is 5.30. The van der Waals surface area contributed by atoms with Crippen LogP contribution in [-0.2, 0) is 22.6 Å². The lowest BCUT2D eigenvalue weighted by Gasteiger charge is -2.31. The first-order chi connectivity index (χ1) is 14.7. The molecule has 3 rings (SSSR count). The normalized spacial score (nSPS) is 15.5. The highest BCUT2D eigenvalue weighted by molar-refractivity contribution is 14.0. The van der Waals surface area contributed by atoms with E-state index in [1.165, 1.54) is 5.56 Å². The Labute approximate surface area is 203 Å². The minimum absolute atomic E-state index is 0. The van der Waals surface area contributed by atoms with E-state index < -0.39 is 0 Å². The monoisotopic (exact) mass is 538 g/mol. The van der Waals surface area contributed by atoms with Gasteiger partial charge in [0.05, 0.1) is 12.7 Å². The van der Waals surface area contributed by atoms with Crippen molar-refractivity contribution < 1.29 is 9.47 Å². The van der Waals surface area contributed by atoms with Gasteiger partial charge in [0.25, 0.3) is 0 Å². The lowest BCUT2D eigenvalue weighted by atomic mass is 10.1. The molecule has 0 radical (unpaired) electrons. The molecule has 6 nitrogen and oxygen atoms in total. The number of likely N-dealkylation sites (tertiary alicyclic amines) is 1. The first-order valence-electron chi connectivity index (χ1n) is 10.8. The van der Waals surface area contributed by atoms with Gasteiger partial charge in [0.15, 0.2) is 5.96 Å². The standard InChI is InChI=1S/C24H34N4O2.HI/c1-29-19-21-10-5-6-11-23(21)27-24(25)26-14-7-17-30-22-12-15-28(16-13-22)18-20-8-3-2-4-9-20;/h2-6,8-11,22H,7,12-19H2,1H3,(H3,25,26,27);1H. The lowest BCUT2D eigenvalue weighted by molar-refractivity contribution is 0.00566. The van der Waals surface area contributed by atoms with E-state index in [0.29, 0.717) is 25.2 Å². The zero-order chi connectivity index (χ0) is 21.0. The number of benzene rings is 2. The number of nitrogens with one attached hydrogen (secondary N) is 1. The zero-order valence-corrected chi connectivity index (χ0v) is 20.7. The average molecular weight is 538 g/mol. The minimum atomic E-state index is 0. The number of nitrogens with two attached hydrogens (primary N) is 1. The summed E-state index contributed by atoms with van der Waals surface area (Å²) in [6.07, 6.45) is 3.41. The summed E-state index contributed by atoms with van der Waals surface area (Å²) < 4.78 is 11.3. The second-order valence-corrected chi connectivity index (χ2v) is 7.67. The number of guanidine groups is 1. The van der Waals surface area contributed by atoms with Crippen LogP contribution in [0.15, 0.2) is 59.6 Å². The van der Waals surface area contributed by atoms with Crippen LogP contribution in [0.5, 0.6) is 0 Å². The Morgan fingerprint density at radius 3 is 2.55 bits per heavy atom. The van der Waals surface area contributed by atoms with Crippen molar-refractivity contribution in [3.63, 3.8) is 0 Å². The van der Waals surface area contributed by atoms with Gasteiger partial charge in [0.2, 0.25) is 0 Å². The number of anilines is 1. The first-order valence-corrected chi connectivity index (χ1v) is 10.8. The molecule has 0 atom stereocenters. The van der Waals surface area contributed by atoms with Crippen LogP contribution in [0.2, 0.25) is 0 Å². The number of rotatable bonds is 10. The van der Waals surface area contributed by atoms with Gasteiger partial charge in [-0.05, 0) is 30.9 Å². The number of nitrogens with zero attached hydrogens (tertiary/aromatic N) is 2. The molecule has 1 fully saturated rings. The van der Waals surface area contributed by atoms with Crippen LogP contribution < -0.4 is 11.1 Å². The maximum atomic E-state index is 6.06. The predicted molar refractivity (Wildman–Crippen MR) is 138 cm³/mol. The molecule has 0 saturated carbocycles. The van der Waals surface area contributed by atoms with E-state index >= 15 is 0 Å². The molecule has 1 aliphatic heterocycles. The predicted octanol–water partition coefficient (Wildman–Crippen LogP) is 4.25. The van der Waals surface area contributed by atoms with E-state index in [0.717, 1.165) is 56.8 Å². The van der Waals surface area contributed by atoms with Crippen molar-refractivity contribution in [2.24, 2.45) is 10.7 Å². The van der Waals surface area contributed by atoms with Crippen LogP contribution in [0.3, 0.4) is 0 Å². The smallest absolute Gasteiger partial charge is 0.193 e. The molecule has 2 aromatic carbocycles. The summed E-state index contributed by atoms with van der Waals surface area (Å²) in [6.45, 7) is 5.12. The molecule has 2 aromatic rings. The van der Waals surface area contributed by atoms with Crippen LogP contribution in [0.4, 0.5) is 5.69 Å². The Bertz CT molecular complexity index is 780. The molecule has 31 heavy (non-hydrogen) atoms. The Morgan fingerprint density at radius 2 is 1.81 bits per heavy atom. The highest BCUT2D eigenvalue weighted by atomic mass is 127. The van der Waals surface area contributed by atoms with Gasteiger partial charge in [-0.15, -0.1) is 24.0 Å². The maximum absolute atomic E-state index is 6.06. The van der Waals surface area contributed by atoms with Crippen molar-refractivity contribution in [1.82, 2.24) is 4.90 Å². The van der Waals surface area contributed by atoms with Gasteiger partial charge in [0, 0.05) is 51.1 Å². The first kappa shape index (κ1) is 25.6. The minimum Gasteiger partial charge on any atom is -0.380 e. The van der Waals surface area contributed by atoms with Crippen molar-refractivity contribution >= 4 is 35.6 Å². The van der Waals surface area contributed by atoms with Gasteiger partial charge in [-0.1, -0.05) is 48.5 Å². The maximum Gasteiger partial charge on any atom is 0.193 e. The highest BCUT2D eigenvalue weighted by Gasteiger charge is 2.19. The summed E-state index contributed by atoms with van der Waals surface area (Å²) >= 11 is 0. The Morgan fingerprint density at radius 1 is 1.10 bits per heavy atom. The molecule has 0 aromatic heterocycles. The molecule has 1 saturated heterocycles. The number of aliphatic imine (C=N–C) groups is 1. The molecule has 0 bridgehead atoms. The van der Waals surface area contributed by atoms with Crippen LogP contribution >= 0.6 is 24.0 Å². The number of para-hydroxylation sites is 1. The second-order valence-electron chi connectivity index (χ2n) is 7.67. The van der Waals surface area contributed by atoms with Crippen molar-refractivity contribution in [3.8, 4) is 0 Å². The van der Waals surface area contributed by atoms with E-state index in [1.807, 2.05) is 24.3 Å². The van der Waals surface area contributed by atoms with Crippen LogP contribution in [0.25, 0.3) is 0 Å². The van der Waals surface area contributed by atoms with Crippen LogP contribution in [0, 0.1) is 0 Å². The topological polar surface area (TPSA) is 72.1 Å². The fourth-order valence-corrected chi connectivity index (χ4v) is 3.69. The number of methoxy groups -OCH3 is 1. The SMILES string of the molecule is COCc1ccccc1NC(N)=NCCCOC1CCN(Cc2ccccc2)CC1.I. The lowest BCUT2D eigenvalue weighted by Crippen LogP contribution is -2.36. The quantitative estimate of drug-likeness (QED) is 0.205. The van der Waals surface area contributed by atoms with Crippen molar-refractivity contribution in [2.45, 2.75) is 38.5 Å². The number of halogens is 1. The van der Waals surface area contributed by atoms with Gasteiger partial charge in [-0.2, -0.15) is 0 Å². The Balaban J connectivity index is 0.00000341. The molecule has 7 heteroatoms. The number of hydrogen-bond donors (Lipinski definition) is 2. The number of hydrogen-bond acceptors (Lipinski definition) is 4. The third kappa shape index (κ3) is 9.14. The third-order valence-electron chi connectivity index (χ3n) is 5.30. The molecule has 170 valence electrons. The molecule has 0 unspecified atom stereocenters. The van der Waals surface area contributed by atoms with Crippen molar-refractivity contribution in [3.05, 3.63) is 65.7 Å². The molecular weight excluding hydrogens is 503 g/mol. The Kier molecular flexibility index (Phi) is 11.9. The summed E-state index contributed by atoms with van der Waals surface area (Å²) in [5, 5.41) is 3.16. The summed E-state index contributed by atoms with van der Waals surface area (Å²) in [4.78, 5) is 6.92. The van der Waals surface area contributed by atoms with Gasteiger partial charge >= 0.3 is 0 Å².